The van der Waals surface area contributed by atoms with Crippen LogP contribution >= 0.6 is 23.2 Å². The van der Waals surface area contributed by atoms with E-state index in [-0.39, 0.29) is 11.3 Å². The maximum absolute atomic E-state index is 5.97. The van der Waals surface area contributed by atoms with E-state index < -0.39 is 0 Å². The first-order valence-electron chi connectivity index (χ1n) is 4.24. The minimum Gasteiger partial charge on any atom is -0.499 e. The van der Waals surface area contributed by atoms with E-state index in [1.54, 1.807) is 13.3 Å². The van der Waals surface area contributed by atoms with Crippen molar-refractivity contribution in [1.82, 2.24) is 0 Å². The molecule has 0 radical (unpaired) electrons. The van der Waals surface area contributed by atoms with Crippen LogP contribution in [0.15, 0.2) is 40.8 Å². The highest BCUT2D eigenvalue weighted by atomic mass is 35.5. The van der Waals surface area contributed by atoms with Gasteiger partial charge in [-0.1, -0.05) is 29.8 Å². The van der Waals surface area contributed by atoms with Crippen molar-refractivity contribution in [1.29, 1.82) is 0 Å². The van der Waals surface area contributed by atoms with Crippen molar-refractivity contribution in [3.8, 4) is 0 Å². The number of nitrogens with zero attached hydrogens (tertiary/aromatic N) is 1. The smallest absolute Gasteiger partial charge is 0.133 e. The molecule has 4 heteroatoms. The monoisotopic (exact) mass is 229 g/mol. The van der Waals surface area contributed by atoms with Gasteiger partial charge >= 0.3 is 0 Å². The van der Waals surface area contributed by atoms with Crippen molar-refractivity contribution in [2.45, 2.75) is 5.38 Å². The molecule has 0 aromatic heterocycles. The number of halogens is 2. The van der Waals surface area contributed by atoms with Crippen molar-refractivity contribution in [3.05, 3.63) is 35.8 Å². The molecule has 0 aromatic carbocycles. The number of aliphatic imine (C=N–C) groups is 1. The van der Waals surface area contributed by atoms with Crippen molar-refractivity contribution in [2.24, 2.45) is 10.9 Å². The summed E-state index contributed by atoms with van der Waals surface area (Å²) in [6, 6.07) is 0. The lowest BCUT2D eigenvalue weighted by Gasteiger charge is -2.24. The Labute approximate surface area is 92.6 Å². The van der Waals surface area contributed by atoms with Gasteiger partial charge in [0.05, 0.1) is 24.6 Å². The molecule has 0 aromatic rings. The minimum absolute atomic E-state index is 0.0694. The molecule has 14 heavy (non-hydrogen) atoms. The number of hydrogen-bond donors (Lipinski definition) is 0. The fraction of sp³-hybridized carbons (Fsp3) is 0.300. The van der Waals surface area contributed by atoms with E-state index in [0.29, 0.717) is 5.17 Å². The average molecular weight is 230 g/mol. The van der Waals surface area contributed by atoms with Gasteiger partial charge < -0.3 is 4.74 Å². The number of allylic oxidation sites excluding steroid dienone is 3. The Morgan fingerprint density at radius 1 is 1.43 bits per heavy atom. The SMILES string of the molecule is COC1=CN=C(Cl)C2=CC(Cl)C=CC12. The summed E-state index contributed by atoms with van der Waals surface area (Å²) in [6.07, 6.45) is 7.44. The van der Waals surface area contributed by atoms with Crippen LogP contribution in [0.2, 0.25) is 0 Å². The second-order valence-corrected chi connectivity index (χ2v) is 3.95. The van der Waals surface area contributed by atoms with E-state index in [4.69, 9.17) is 27.9 Å². The van der Waals surface area contributed by atoms with Crippen LogP contribution in [0.1, 0.15) is 0 Å². The van der Waals surface area contributed by atoms with Gasteiger partial charge in [0, 0.05) is 5.57 Å². The van der Waals surface area contributed by atoms with Crippen molar-refractivity contribution >= 4 is 28.4 Å². The molecule has 0 N–H and O–H groups in total. The average Bonchev–Trinajstić information content (AvgIpc) is 2.19. The van der Waals surface area contributed by atoms with Gasteiger partial charge in [-0.25, -0.2) is 4.99 Å². The molecule has 0 saturated carbocycles. The maximum Gasteiger partial charge on any atom is 0.133 e. The van der Waals surface area contributed by atoms with E-state index in [9.17, 15) is 0 Å². The predicted molar refractivity (Wildman–Crippen MR) is 58.7 cm³/mol. The van der Waals surface area contributed by atoms with Gasteiger partial charge in [-0.2, -0.15) is 0 Å². The van der Waals surface area contributed by atoms with E-state index in [1.807, 2.05) is 18.2 Å². The molecule has 0 amide bonds. The van der Waals surface area contributed by atoms with Gasteiger partial charge in [0.2, 0.25) is 0 Å². The summed E-state index contributed by atoms with van der Waals surface area (Å²) in [5.74, 6) is 0.862. The summed E-state index contributed by atoms with van der Waals surface area (Å²) in [7, 11) is 1.62. The molecular formula is C10H9Cl2NO. The third-order valence-electron chi connectivity index (χ3n) is 2.25. The summed E-state index contributed by atoms with van der Waals surface area (Å²) < 4.78 is 5.20. The number of hydrogen-bond acceptors (Lipinski definition) is 2. The molecule has 0 saturated heterocycles. The molecule has 0 bridgehead atoms. The zero-order valence-electron chi connectivity index (χ0n) is 7.58. The second-order valence-electron chi connectivity index (χ2n) is 3.08. The number of rotatable bonds is 1. The molecule has 74 valence electrons. The molecule has 1 aliphatic carbocycles. The molecule has 2 nitrogen and oxygen atoms in total. The van der Waals surface area contributed by atoms with Crippen LogP contribution in [0.3, 0.4) is 0 Å². The fourth-order valence-corrected chi connectivity index (χ4v) is 2.00. The van der Waals surface area contributed by atoms with Gasteiger partial charge in [-0.15, -0.1) is 11.6 Å². The molecule has 2 aliphatic rings. The molecule has 2 atom stereocenters. The number of fused-ring (bicyclic) bond motifs is 1. The van der Waals surface area contributed by atoms with E-state index >= 15 is 0 Å². The first-order valence-corrected chi connectivity index (χ1v) is 5.05. The van der Waals surface area contributed by atoms with Gasteiger partial charge in [-0.3, -0.25) is 0 Å². The van der Waals surface area contributed by atoms with Crippen molar-refractivity contribution < 1.29 is 4.74 Å². The van der Waals surface area contributed by atoms with Gasteiger partial charge in [-0.05, 0) is 0 Å². The third-order valence-corrected chi connectivity index (χ3v) is 2.83. The van der Waals surface area contributed by atoms with Crippen LogP contribution in [-0.4, -0.2) is 17.7 Å². The van der Waals surface area contributed by atoms with Crippen LogP contribution in [0, 0.1) is 5.92 Å². The van der Waals surface area contributed by atoms with E-state index in [0.717, 1.165) is 11.3 Å². The van der Waals surface area contributed by atoms with Crippen LogP contribution in [0.25, 0.3) is 0 Å². The number of methoxy groups -OCH3 is 1. The normalized spacial score (nSPS) is 30.1. The van der Waals surface area contributed by atoms with E-state index in [1.165, 1.54) is 0 Å². The Morgan fingerprint density at radius 3 is 2.93 bits per heavy atom. The second kappa shape index (κ2) is 3.79. The van der Waals surface area contributed by atoms with Gasteiger partial charge in [0.15, 0.2) is 0 Å². The van der Waals surface area contributed by atoms with Crippen molar-refractivity contribution in [3.63, 3.8) is 0 Å². The van der Waals surface area contributed by atoms with Crippen LogP contribution < -0.4 is 0 Å². The summed E-state index contributed by atoms with van der Waals surface area (Å²) in [6.45, 7) is 0. The van der Waals surface area contributed by atoms with E-state index in [2.05, 4.69) is 4.99 Å². The van der Waals surface area contributed by atoms with Gasteiger partial charge in [0.25, 0.3) is 0 Å². The summed E-state index contributed by atoms with van der Waals surface area (Å²) >= 11 is 11.9. The topological polar surface area (TPSA) is 21.6 Å². The third kappa shape index (κ3) is 1.60. The predicted octanol–water partition coefficient (Wildman–Crippen LogP) is 2.84. The zero-order valence-corrected chi connectivity index (χ0v) is 9.09. The maximum atomic E-state index is 5.97. The van der Waals surface area contributed by atoms with Crippen molar-refractivity contribution in [2.75, 3.05) is 7.11 Å². The minimum atomic E-state index is -0.110. The van der Waals surface area contributed by atoms with Crippen LogP contribution in [0.4, 0.5) is 0 Å². The Morgan fingerprint density at radius 2 is 2.21 bits per heavy atom. The molecular weight excluding hydrogens is 221 g/mol. The first-order chi connectivity index (χ1) is 6.72. The lowest BCUT2D eigenvalue weighted by Crippen LogP contribution is -2.19. The molecule has 0 fully saturated rings. The Bertz CT molecular complexity index is 368. The molecule has 1 heterocycles. The molecule has 0 spiro atoms. The highest BCUT2D eigenvalue weighted by Gasteiger charge is 2.27. The Balaban J connectivity index is 2.40. The molecule has 1 aliphatic heterocycles. The Hall–Kier alpha value is -0.730. The first kappa shape index (κ1) is 9.81. The number of alkyl halides is 1. The van der Waals surface area contributed by atoms with Gasteiger partial charge in [0.1, 0.15) is 10.9 Å². The van der Waals surface area contributed by atoms with Crippen LogP contribution in [-0.2, 0) is 4.74 Å². The number of ether oxygens (including phenoxy) is 1. The lowest BCUT2D eigenvalue weighted by atomic mass is 9.91. The molecule has 2 rings (SSSR count). The van der Waals surface area contributed by atoms with Crippen LogP contribution in [0.5, 0.6) is 0 Å². The fourth-order valence-electron chi connectivity index (χ4n) is 1.55. The molecule has 2 unspecified atom stereocenters. The highest BCUT2D eigenvalue weighted by molar-refractivity contribution is 6.70. The summed E-state index contributed by atoms with van der Waals surface area (Å²) in [4.78, 5) is 4.04. The Kier molecular flexibility index (Phi) is 2.66. The highest BCUT2D eigenvalue weighted by Crippen LogP contribution is 2.33. The zero-order chi connectivity index (χ0) is 10.1. The lowest BCUT2D eigenvalue weighted by molar-refractivity contribution is 0.264. The summed E-state index contributed by atoms with van der Waals surface area (Å²) in [5, 5.41) is 0.382. The standard InChI is InChI=1S/C10H9Cl2NO/c1-14-9-5-13-10(12)8-4-6(11)2-3-7(8)9/h2-7H,1H3. The quantitative estimate of drug-likeness (QED) is 0.501. The largest absolute Gasteiger partial charge is 0.499 e. The summed E-state index contributed by atoms with van der Waals surface area (Å²) in [5.41, 5.74) is 0.925.